The molecule has 1 aliphatic carbocycles. The highest BCUT2D eigenvalue weighted by molar-refractivity contribution is 7.33. The van der Waals surface area contributed by atoms with Gasteiger partial charge in [0.05, 0.1) is 6.10 Å². The van der Waals surface area contributed by atoms with Gasteiger partial charge in [0.2, 0.25) is 0 Å². The van der Waals surface area contributed by atoms with Crippen molar-refractivity contribution in [1.82, 2.24) is 9.55 Å². The monoisotopic (exact) mass is 585 g/mol. The molecule has 1 aromatic carbocycles. The van der Waals surface area contributed by atoms with E-state index < -0.39 is 67.3 Å². The molecule has 1 aromatic heterocycles. The number of aliphatic hydroxyl groups is 2. The van der Waals surface area contributed by atoms with Crippen LogP contribution in [0.2, 0.25) is 0 Å². The molecular weight excluding hydrogens is 554 g/mol. The standard InChI is InChI=1S/C24H30FN4O10P/c1-12(2)36-18(31)15(27)9-14-8-13(10-26)4-5-16(14)38-40(35)39-19-23(11-25)24(19,34)22(3,33)20(37-23)29-7-6-17(30)28-21(29)32/h4-8,12,15,19-20,33-34H,9-11,26-27H2,1-3H3/p+1/t15-,19?,20+,22-,23+,24-/m0/s1. The summed E-state index contributed by atoms with van der Waals surface area (Å²) in [4.78, 5) is 37.8. The van der Waals surface area contributed by atoms with Crippen LogP contribution in [0.15, 0.2) is 40.1 Å². The fourth-order valence-corrected chi connectivity index (χ4v) is 5.82. The molecule has 1 aliphatic heterocycles. The average molecular weight is 586 g/mol. The van der Waals surface area contributed by atoms with Crippen LogP contribution in [0.5, 0.6) is 5.75 Å². The first-order chi connectivity index (χ1) is 18.7. The summed E-state index contributed by atoms with van der Waals surface area (Å²) in [6, 6.07) is 4.53. The van der Waals surface area contributed by atoms with Crippen LogP contribution in [0.4, 0.5) is 4.39 Å². The molecule has 2 aliphatic rings. The van der Waals surface area contributed by atoms with Crippen molar-refractivity contribution in [2.45, 2.75) is 75.0 Å². The van der Waals surface area contributed by atoms with E-state index in [9.17, 15) is 33.6 Å². The Morgan fingerprint density at radius 3 is 2.58 bits per heavy atom. The van der Waals surface area contributed by atoms with Gasteiger partial charge in [0.25, 0.3) is 5.56 Å². The third kappa shape index (κ3) is 4.87. The van der Waals surface area contributed by atoms with Crippen LogP contribution in [0, 0.1) is 0 Å². The van der Waals surface area contributed by atoms with Crippen molar-refractivity contribution in [2.75, 3.05) is 6.67 Å². The maximum Gasteiger partial charge on any atom is 0.750 e. The Morgan fingerprint density at radius 2 is 2.00 bits per heavy atom. The Hall–Kier alpha value is -3.04. The topological polar surface area (TPSA) is 218 Å². The number of esters is 1. The highest BCUT2D eigenvalue weighted by Crippen LogP contribution is 2.69. The lowest BCUT2D eigenvalue weighted by atomic mass is 9.94. The number of ether oxygens (including phenoxy) is 2. The molecule has 40 heavy (non-hydrogen) atoms. The maximum atomic E-state index is 14.3. The summed E-state index contributed by atoms with van der Waals surface area (Å²) in [5, 5.41) is 22.5. The van der Waals surface area contributed by atoms with Gasteiger partial charge in [0, 0.05) is 35.4 Å². The summed E-state index contributed by atoms with van der Waals surface area (Å²) in [6.07, 6.45) is -2.70. The van der Waals surface area contributed by atoms with Crippen LogP contribution in [-0.2, 0) is 36.3 Å². The zero-order valence-corrected chi connectivity index (χ0v) is 22.8. The second kappa shape index (κ2) is 10.7. The van der Waals surface area contributed by atoms with Crippen LogP contribution >= 0.6 is 8.25 Å². The molecular formula is C24H31FN4O10P+. The van der Waals surface area contributed by atoms with Gasteiger partial charge in [-0.1, -0.05) is 12.1 Å². The SMILES string of the molecule is CC(C)OC(=O)[C@@H](N)Cc1cc(CN)ccc1O[P+](=O)OC1[C@]2(O)[C@@](C)(O)[C@H](n3ccc(=O)[nH]c3=O)O[C@]12CF. The fourth-order valence-electron chi connectivity index (χ4n) is 4.95. The van der Waals surface area contributed by atoms with E-state index in [2.05, 4.69) is 0 Å². The van der Waals surface area contributed by atoms with Gasteiger partial charge in [0.15, 0.2) is 29.3 Å². The van der Waals surface area contributed by atoms with E-state index in [1.807, 2.05) is 4.98 Å². The number of H-pyrrole nitrogens is 1. The number of alkyl halides is 1. The number of aromatic amines is 1. The normalized spacial score (nSPS) is 30.1. The third-order valence-electron chi connectivity index (χ3n) is 7.06. The lowest BCUT2D eigenvalue weighted by Crippen LogP contribution is -2.51. The molecule has 7 N–H and O–H groups in total. The average Bonchev–Trinajstić information content (AvgIpc) is 3.33. The molecule has 14 nitrogen and oxygen atoms in total. The lowest BCUT2D eigenvalue weighted by Gasteiger charge is -2.31. The van der Waals surface area contributed by atoms with Crippen LogP contribution in [0.1, 0.15) is 38.1 Å². The van der Waals surface area contributed by atoms with Crippen molar-refractivity contribution in [3.05, 3.63) is 62.4 Å². The summed E-state index contributed by atoms with van der Waals surface area (Å²) in [7, 11) is -3.11. The molecule has 0 radical (unpaired) electrons. The first-order valence-corrected chi connectivity index (χ1v) is 13.4. The summed E-state index contributed by atoms with van der Waals surface area (Å²) in [5.74, 6) is -0.642. The lowest BCUT2D eigenvalue weighted by molar-refractivity contribution is -0.164. The molecule has 2 fully saturated rings. The summed E-state index contributed by atoms with van der Waals surface area (Å²) in [5.41, 5.74) is 4.06. The van der Waals surface area contributed by atoms with Crippen molar-refractivity contribution in [3.8, 4) is 5.75 Å². The van der Waals surface area contributed by atoms with Gasteiger partial charge in [-0.3, -0.25) is 19.1 Å². The van der Waals surface area contributed by atoms with Crippen LogP contribution < -0.4 is 27.2 Å². The molecule has 4 rings (SSSR count). The molecule has 2 aromatic rings. The largest absolute Gasteiger partial charge is 0.750 e. The van der Waals surface area contributed by atoms with Gasteiger partial charge >= 0.3 is 19.9 Å². The summed E-state index contributed by atoms with van der Waals surface area (Å²) < 4.78 is 49.5. The highest BCUT2D eigenvalue weighted by Gasteiger charge is 2.95. The van der Waals surface area contributed by atoms with Crippen LogP contribution in [0.25, 0.3) is 0 Å². The minimum Gasteiger partial charge on any atom is -0.462 e. The number of rotatable bonds is 11. The Bertz CT molecular complexity index is 1430. The van der Waals surface area contributed by atoms with E-state index >= 15 is 0 Å². The van der Waals surface area contributed by atoms with Crippen molar-refractivity contribution in [2.24, 2.45) is 11.5 Å². The van der Waals surface area contributed by atoms with Gasteiger partial charge < -0.3 is 31.2 Å². The van der Waals surface area contributed by atoms with Gasteiger partial charge in [-0.05, 0) is 32.4 Å². The number of aromatic nitrogens is 2. The Kier molecular flexibility index (Phi) is 8.04. The predicted molar refractivity (Wildman–Crippen MR) is 136 cm³/mol. The van der Waals surface area contributed by atoms with Crippen molar-refractivity contribution in [1.29, 1.82) is 0 Å². The minimum atomic E-state index is -3.11. The zero-order valence-electron chi connectivity index (χ0n) is 21.9. The Labute approximate surface area is 227 Å². The number of carbonyl (C=O) groups excluding carboxylic acids is 1. The highest BCUT2D eigenvalue weighted by atomic mass is 31.1. The predicted octanol–water partition coefficient (Wildman–Crippen LogP) is -0.329. The van der Waals surface area contributed by atoms with E-state index in [0.29, 0.717) is 11.1 Å². The molecule has 2 unspecified atom stereocenters. The van der Waals surface area contributed by atoms with Crippen molar-refractivity contribution in [3.63, 3.8) is 0 Å². The number of hydrogen-bond acceptors (Lipinski definition) is 12. The molecule has 218 valence electrons. The number of nitrogens with two attached hydrogens (primary N) is 2. The van der Waals surface area contributed by atoms with E-state index in [4.69, 9.17) is 30.0 Å². The number of halogens is 1. The molecule has 1 saturated heterocycles. The second-order valence-corrected chi connectivity index (χ2v) is 11.0. The maximum absolute atomic E-state index is 14.3. The Morgan fingerprint density at radius 1 is 1.30 bits per heavy atom. The minimum absolute atomic E-state index is 0.0172. The first kappa shape index (κ1) is 29.9. The molecule has 7 atom stereocenters. The number of nitrogens with one attached hydrogen (secondary N) is 1. The van der Waals surface area contributed by atoms with Crippen molar-refractivity contribution >= 4 is 14.2 Å². The van der Waals surface area contributed by atoms with Gasteiger partial charge in [-0.15, -0.1) is 4.52 Å². The number of hydrogen-bond donors (Lipinski definition) is 5. The molecule has 0 bridgehead atoms. The van der Waals surface area contributed by atoms with Gasteiger partial charge in [0.1, 0.15) is 18.3 Å². The molecule has 2 heterocycles. The van der Waals surface area contributed by atoms with Crippen LogP contribution in [-0.4, -0.2) is 67.5 Å². The molecule has 0 spiro atoms. The second-order valence-electron chi connectivity index (χ2n) is 10.2. The number of nitrogens with zero attached hydrogens (tertiary/aromatic N) is 1. The number of fused-ring (bicyclic) bond motifs is 1. The quantitative estimate of drug-likeness (QED) is 0.169. The van der Waals surface area contributed by atoms with Gasteiger partial charge in [-0.2, -0.15) is 0 Å². The van der Waals surface area contributed by atoms with E-state index in [0.717, 1.165) is 23.8 Å². The first-order valence-electron chi connectivity index (χ1n) is 12.3. The zero-order chi connectivity index (χ0) is 29.6. The summed E-state index contributed by atoms with van der Waals surface area (Å²) >= 11 is 0. The van der Waals surface area contributed by atoms with Crippen LogP contribution in [0.3, 0.4) is 0 Å². The number of carbonyl (C=O) groups is 1. The van der Waals surface area contributed by atoms with Crippen molar-refractivity contribution < 1.29 is 42.5 Å². The Balaban J connectivity index is 1.53. The summed E-state index contributed by atoms with van der Waals surface area (Å²) in [6.45, 7) is 3.20. The van der Waals surface area contributed by atoms with E-state index in [-0.39, 0.29) is 24.8 Å². The molecule has 1 saturated carbocycles. The third-order valence-corrected chi connectivity index (χ3v) is 7.79. The van der Waals surface area contributed by atoms with E-state index in [1.54, 1.807) is 26.0 Å². The number of benzene rings is 1. The molecule has 16 heteroatoms. The smallest absolute Gasteiger partial charge is 0.462 e. The fraction of sp³-hybridized carbons (Fsp3) is 0.542. The van der Waals surface area contributed by atoms with E-state index in [1.165, 1.54) is 6.07 Å². The van der Waals surface area contributed by atoms with Gasteiger partial charge in [-0.25, -0.2) is 13.7 Å². The molecule has 0 amide bonds.